The predicted octanol–water partition coefficient (Wildman–Crippen LogP) is 2.57. The molecular weight excluding hydrogens is 420 g/mol. The smallest absolute Gasteiger partial charge is 0.254 e. The maximum Gasteiger partial charge on any atom is 0.254 e. The highest BCUT2D eigenvalue weighted by atomic mass is 16.5. The Hall–Kier alpha value is -3.75. The molecule has 1 aliphatic rings. The van der Waals surface area contributed by atoms with E-state index in [0.29, 0.717) is 56.1 Å². The summed E-state index contributed by atoms with van der Waals surface area (Å²) in [5, 5.41) is 7.18. The second-order valence-electron chi connectivity index (χ2n) is 8.07. The number of hydrogen-bond acceptors (Lipinski definition) is 6. The van der Waals surface area contributed by atoms with Crippen LogP contribution < -0.4 is 4.74 Å². The minimum Gasteiger partial charge on any atom is -0.497 e. The molecule has 0 radical (unpaired) electrons. The summed E-state index contributed by atoms with van der Waals surface area (Å²) in [4.78, 5) is 38.5. The summed E-state index contributed by atoms with van der Waals surface area (Å²) >= 11 is 0. The number of pyridine rings is 1. The highest BCUT2D eigenvalue weighted by molar-refractivity contribution is 5.94. The van der Waals surface area contributed by atoms with Crippen LogP contribution in [0, 0.1) is 6.92 Å². The lowest BCUT2D eigenvalue weighted by molar-refractivity contribution is -0.131. The fourth-order valence-corrected chi connectivity index (χ4v) is 4.08. The molecule has 2 aromatic heterocycles. The molecule has 1 atom stereocenters. The van der Waals surface area contributed by atoms with Crippen LogP contribution in [0.5, 0.6) is 5.75 Å². The largest absolute Gasteiger partial charge is 0.497 e. The SMILES string of the molecule is COc1cccc(CCC(=O)N2CCCN(C(=O)c3ccncc3)C(c3n[nH]c(C)n3)C2)c1. The number of benzene rings is 1. The van der Waals surface area contributed by atoms with E-state index in [2.05, 4.69) is 20.2 Å². The van der Waals surface area contributed by atoms with Crippen LogP contribution in [0.3, 0.4) is 0 Å². The van der Waals surface area contributed by atoms with Gasteiger partial charge >= 0.3 is 0 Å². The Morgan fingerprint density at radius 3 is 2.73 bits per heavy atom. The van der Waals surface area contributed by atoms with E-state index in [1.54, 1.807) is 36.5 Å². The Morgan fingerprint density at radius 2 is 2.00 bits per heavy atom. The van der Waals surface area contributed by atoms with E-state index in [4.69, 9.17) is 4.74 Å². The summed E-state index contributed by atoms with van der Waals surface area (Å²) in [6, 6.07) is 10.7. The number of aromatic nitrogens is 4. The number of rotatable bonds is 6. The summed E-state index contributed by atoms with van der Waals surface area (Å²) in [7, 11) is 1.63. The molecule has 3 heterocycles. The number of aromatic amines is 1. The van der Waals surface area contributed by atoms with Crippen LogP contribution in [0.4, 0.5) is 0 Å². The average Bonchev–Trinajstić information content (AvgIpc) is 3.16. The number of nitrogens with one attached hydrogen (secondary N) is 1. The number of methoxy groups -OCH3 is 1. The van der Waals surface area contributed by atoms with Gasteiger partial charge in [-0.25, -0.2) is 4.98 Å². The molecular formula is C24H28N6O3. The van der Waals surface area contributed by atoms with Crippen LogP contribution in [0.2, 0.25) is 0 Å². The molecule has 172 valence electrons. The molecule has 3 aromatic rings. The van der Waals surface area contributed by atoms with Crippen molar-refractivity contribution in [2.24, 2.45) is 0 Å². The van der Waals surface area contributed by atoms with Crippen molar-refractivity contribution in [1.29, 1.82) is 0 Å². The lowest BCUT2D eigenvalue weighted by Gasteiger charge is -2.30. The second kappa shape index (κ2) is 10.2. The van der Waals surface area contributed by atoms with E-state index in [1.165, 1.54) is 0 Å². The number of nitrogens with zero attached hydrogens (tertiary/aromatic N) is 5. The molecule has 1 fully saturated rings. The third kappa shape index (κ3) is 5.36. The minimum atomic E-state index is -0.432. The van der Waals surface area contributed by atoms with Crippen molar-refractivity contribution in [3.63, 3.8) is 0 Å². The molecule has 33 heavy (non-hydrogen) atoms. The molecule has 0 saturated carbocycles. The van der Waals surface area contributed by atoms with Crippen molar-refractivity contribution in [1.82, 2.24) is 30.0 Å². The van der Waals surface area contributed by atoms with Gasteiger partial charge in [0.05, 0.1) is 7.11 Å². The summed E-state index contributed by atoms with van der Waals surface area (Å²) in [5.74, 6) is 1.90. The highest BCUT2D eigenvalue weighted by Crippen LogP contribution is 2.25. The van der Waals surface area contributed by atoms with Crippen LogP contribution in [0.1, 0.15) is 46.5 Å². The number of aryl methyl sites for hydroxylation is 2. The summed E-state index contributed by atoms with van der Waals surface area (Å²) in [6.07, 6.45) is 4.89. The Labute approximate surface area is 192 Å². The van der Waals surface area contributed by atoms with Crippen LogP contribution in [-0.2, 0) is 11.2 Å². The van der Waals surface area contributed by atoms with E-state index < -0.39 is 6.04 Å². The van der Waals surface area contributed by atoms with Crippen molar-refractivity contribution in [2.45, 2.75) is 32.2 Å². The van der Waals surface area contributed by atoms with Gasteiger partial charge in [-0.1, -0.05) is 12.1 Å². The third-order valence-corrected chi connectivity index (χ3v) is 5.81. The Bertz CT molecular complexity index is 1100. The van der Waals surface area contributed by atoms with Crippen molar-refractivity contribution < 1.29 is 14.3 Å². The van der Waals surface area contributed by atoms with Gasteiger partial charge in [0, 0.05) is 44.0 Å². The Kier molecular flexibility index (Phi) is 6.97. The monoisotopic (exact) mass is 448 g/mol. The molecule has 1 aliphatic heterocycles. The zero-order valence-corrected chi connectivity index (χ0v) is 18.9. The molecule has 4 rings (SSSR count). The minimum absolute atomic E-state index is 0.0493. The Balaban J connectivity index is 1.51. The van der Waals surface area contributed by atoms with Gasteiger partial charge < -0.3 is 14.5 Å². The first-order valence-electron chi connectivity index (χ1n) is 11.1. The summed E-state index contributed by atoms with van der Waals surface area (Å²) in [6.45, 7) is 3.26. The van der Waals surface area contributed by atoms with Crippen molar-refractivity contribution in [2.75, 3.05) is 26.7 Å². The number of amides is 2. The molecule has 0 spiro atoms. The number of carbonyl (C=O) groups excluding carboxylic acids is 2. The first kappa shape index (κ1) is 22.4. The first-order chi connectivity index (χ1) is 16.0. The van der Waals surface area contributed by atoms with Crippen molar-refractivity contribution >= 4 is 11.8 Å². The number of ether oxygens (including phenoxy) is 1. The fraction of sp³-hybridized carbons (Fsp3) is 0.375. The van der Waals surface area contributed by atoms with E-state index in [9.17, 15) is 9.59 Å². The molecule has 1 saturated heterocycles. The van der Waals surface area contributed by atoms with E-state index >= 15 is 0 Å². The maximum atomic E-state index is 13.3. The molecule has 1 unspecified atom stereocenters. The van der Waals surface area contributed by atoms with Crippen LogP contribution in [0.15, 0.2) is 48.8 Å². The molecule has 2 amide bonds. The third-order valence-electron chi connectivity index (χ3n) is 5.81. The molecule has 0 bridgehead atoms. The molecule has 9 nitrogen and oxygen atoms in total. The van der Waals surface area contributed by atoms with E-state index in [0.717, 1.165) is 11.3 Å². The molecule has 1 aromatic carbocycles. The molecule has 9 heteroatoms. The fourth-order valence-electron chi connectivity index (χ4n) is 4.08. The van der Waals surface area contributed by atoms with E-state index in [1.807, 2.05) is 36.1 Å². The van der Waals surface area contributed by atoms with Crippen LogP contribution in [-0.4, -0.2) is 68.5 Å². The van der Waals surface area contributed by atoms with Gasteiger partial charge in [0.1, 0.15) is 17.6 Å². The number of hydrogen-bond donors (Lipinski definition) is 1. The summed E-state index contributed by atoms with van der Waals surface area (Å²) in [5.41, 5.74) is 1.60. The van der Waals surface area contributed by atoms with Gasteiger partial charge in [-0.2, -0.15) is 5.10 Å². The van der Waals surface area contributed by atoms with Crippen molar-refractivity contribution in [3.05, 3.63) is 71.6 Å². The quantitative estimate of drug-likeness (QED) is 0.622. The highest BCUT2D eigenvalue weighted by Gasteiger charge is 2.34. The normalized spacial score (nSPS) is 16.4. The predicted molar refractivity (Wildman–Crippen MR) is 122 cm³/mol. The summed E-state index contributed by atoms with van der Waals surface area (Å²) < 4.78 is 5.28. The standard InChI is InChI=1S/C24H28N6O3/c1-17-26-23(28-27-17)21-16-29(22(31)8-7-18-5-3-6-20(15-18)33-2)13-4-14-30(21)24(32)19-9-11-25-12-10-19/h3,5-6,9-12,15,21H,4,7-8,13-14,16H2,1-2H3,(H,26,27,28). The Morgan fingerprint density at radius 1 is 1.18 bits per heavy atom. The number of H-pyrrole nitrogens is 1. The van der Waals surface area contributed by atoms with Gasteiger partial charge in [-0.05, 0) is 49.6 Å². The first-order valence-corrected chi connectivity index (χ1v) is 11.1. The van der Waals surface area contributed by atoms with Gasteiger partial charge in [0.25, 0.3) is 5.91 Å². The van der Waals surface area contributed by atoms with Crippen LogP contribution >= 0.6 is 0 Å². The number of carbonyl (C=O) groups is 2. The zero-order valence-electron chi connectivity index (χ0n) is 18.9. The van der Waals surface area contributed by atoms with Gasteiger partial charge in [-0.15, -0.1) is 0 Å². The van der Waals surface area contributed by atoms with Crippen molar-refractivity contribution in [3.8, 4) is 5.75 Å². The zero-order chi connectivity index (χ0) is 23.2. The average molecular weight is 449 g/mol. The maximum absolute atomic E-state index is 13.3. The molecule has 0 aliphatic carbocycles. The van der Waals surface area contributed by atoms with E-state index in [-0.39, 0.29) is 11.8 Å². The lowest BCUT2D eigenvalue weighted by atomic mass is 10.1. The van der Waals surface area contributed by atoms with Gasteiger partial charge in [0.2, 0.25) is 5.91 Å². The lowest BCUT2D eigenvalue weighted by Crippen LogP contribution is -2.40. The van der Waals surface area contributed by atoms with Crippen LogP contribution in [0.25, 0.3) is 0 Å². The topological polar surface area (TPSA) is 104 Å². The van der Waals surface area contributed by atoms with Gasteiger partial charge in [-0.3, -0.25) is 19.7 Å². The molecule has 1 N–H and O–H groups in total. The second-order valence-corrected chi connectivity index (χ2v) is 8.07. The van der Waals surface area contributed by atoms with Gasteiger partial charge in [0.15, 0.2) is 5.82 Å².